The molecule has 9 nitrogen and oxygen atoms in total. The summed E-state index contributed by atoms with van der Waals surface area (Å²) in [5.41, 5.74) is 1.85. The maximum Gasteiger partial charge on any atom is 0.280 e. The van der Waals surface area contributed by atoms with E-state index in [1.807, 2.05) is 24.3 Å². The van der Waals surface area contributed by atoms with Crippen molar-refractivity contribution >= 4 is 24.0 Å². The van der Waals surface area contributed by atoms with E-state index in [9.17, 15) is 0 Å². The minimum atomic E-state index is -0.338. The minimum Gasteiger partial charge on any atom is -0.470 e. The van der Waals surface area contributed by atoms with Crippen LogP contribution in [0, 0.1) is 0 Å². The quantitative estimate of drug-likeness (QED) is 0.527. The summed E-state index contributed by atoms with van der Waals surface area (Å²) in [7, 11) is 2.90. The van der Waals surface area contributed by atoms with Crippen LogP contribution in [0.5, 0.6) is 0 Å². The summed E-state index contributed by atoms with van der Waals surface area (Å²) in [5.74, 6) is 0.246. The van der Waals surface area contributed by atoms with E-state index in [2.05, 4.69) is 25.5 Å². The van der Waals surface area contributed by atoms with Crippen LogP contribution in [0.15, 0.2) is 44.9 Å². The Labute approximate surface area is 145 Å². The monoisotopic (exact) mass is 348 g/mol. The van der Waals surface area contributed by atoms with Crippen molar-refractivity contribution in [2.45, 2.75) is 13.0 Å². The van der Waals surface area contributed by atoms with E-state index in [-0.39, 0.29) is 12.0 Å². The summed E-state index contributed by atoms with van der Waals surface area (Å²) in [6.45, 7) is 2.56. The molecule has 0 radical (unpaired) electrons. The van der Waals surface area contributed by atoms with Gasteiger partial charge in [-0.1, -0.05) is 39.7 Å². The fraction of sp³-hybridized carbons (Fsp3) is 0.375. The molecule has 1 aliphatic rings. The lowest BCUT2D eigenvalue weighted by Gasteiger charge is -2.15. The van der Waals surface area contributed by atoms with Crippen molar-refractivity contribution in [2.75, 3.05) is 27.4 Å². The van der Waals surface area contributed by atoms with Crippen molar-refractivity contribution in [3.8, 4) is 0 Å². The van der Waals surface area contributed by atoms with E-state index >= 15 is 0 Å². The molecule has 1 aliphatic heterocycles. The largest absolute Gasteiger partial charge is 0.470 e. The molecule has 0 aliphatic carbocycles. The average Bonchev–Trinajstić information content (AvgIpc) is 2.66. The molecule has 0 bridgehead atoms. The number of nitrogens with zero attached hydrogens (tertiary/aromatic N) is 4. The van der Waals surface area contributed by atoms with Gasteiger partial charge in [0.2, 0.25) is 0 Å². The van der Waals surface area contributed by atoms with Crippen LogP contribution in [0.1, 0.15) is 18.1 Å². The lowest BCUT2D eigenvalue weighted by Crippen LogP contribution is -2.26. The number of hydrogen-bond donors (Lipinski definition) is 0. The Morgan fingerprint density at radius 3 is 2.76 bits per heavy atom. The second-order valence-electron chi connectivity index (χ2n) is 4.77. The van der Waals surface area contributed by atoms with Crippen LogP contribution in [-0.4, -0.2) is 57.6 Å². The highest BCUT2D eigenvalue weighted by molar-refractivity contribution is 6.46. The summed E-state index contributed by atoms with van der Waals surface area (Å²) in [6.07, 6.45) is 2.71. The Hall–Kier alpha value is -3.10. The molecular weight excluding hydrogens is 328 g/mol. The van der Waals surface area contributed by atoms with Gasteiger partial charge < -0.3 is 24.1 Å². The summed E-state index contributed by atoms with van der Waals surface area (Å²) >= 11 is 0. The maximum atomic E-state index is 5.50. The molecule has 134 valence electrons. The Balaban J connectivity index is 2.22. The van der Waals surface area contributed by atoms with Gasteiger partial charge in [0.1, 0.15) is 20.8 Å². The molecule has 0 fully saturated rings. The average molecular weight is 348 g/mol. The highest BCUT2D eigenvalue weighted by atomic mass is 16.7. The van der Waals surface area contributed by atoms with E-state index in [0.29, 0.717) is 24.5 Å². The molecule has 1 atom stereocenters. The maximum absolute atomic E-state index is 5.50. The zero-order valence-corrected chi connectivity index (χ0v) is 14.3. The van der Waals surface area contributed by atoms with E-state index in [4.69, 9.17) is 19.2 Å². The SMILES string of the molecule is CO/N=C/C(C)O/N=C/c1ccccc1/C(=N\OC)C1=NOCCO1. The molecule has 9 heteroatoms. The zero-order chi connectivity index (χ0) is 17.9. The fourth-order valence-corrected chi connectivity index (χ4v) is 1.89. The van der Waals surface area contributed by atoms with Crippen LogP contribution >= 0.6 is 0 Å². The minimum absolute atomic E-state index is 0.246. The first-order chi connectivity index (χ1) is 12.3. The third-order valence-corrected chi connectivity index (χ3v) is 2.96. The summed E-state index contributed by atoms with van der Waals surface area (Å²) in [4.78, 5) is 19.8. The molecule has 0 amide bonds. The molecule has 0 saturated carbocycles. The Morgan fingerprint density at radius 2 is 2.04 bits per heavy atom. The van der Waals surface area contributed by atoms with Crippen molar-refractivity contribution in [3.05, 3.63) is 35.4 Å². The number of rotatable bonds is 8. The molecular formula is C16H20N4O5. The van der Waals surface area contributed by atoms with Gasteiger partial charge in [-0.05, 0) is 12.1 Å². The van der Waals surface area contributed by atoms with Gasteiger partial charge in [-0.2, -0.15) is 0 Å². The number of hydrogen-bond acceptors (Lipinski definition) is 9. The first-order valence-corrected chi connectivity index (χ1v) is 7.55. The van der Waals surface area contributed by atoms with Crippen molar-refractivity contribution < 1.29 is 24.1 Å². The highest BCUT2D eigenvalue weighted by Crippen LogP contribution is 2.12. The predicted octanol–water partition coefficient (Wildman–Crippen LogP) is 1.77. The molecule has 1 heterocycles. The smallest absolute Gasteiger partial charge is 0.280 e. The van der Waals surface area contributed by atoms with E-state index in [0.717, 1.165) is 5.56 Å². The Kier molecular flexibility index (Phi) is 7.23. The van der Waals surface area contributed by atoms with Gasteiger partial charge >= 0.3 is 0 Å². The summed E-state index contributed by atoms with van der Waals surface area (Å²) < 4.78 is 5.50. The van der Waals surface area contributed by atoms with E-state index < -0.39 is 0 Å². The van der Waals surface area contributed by atoms with Crippen molar-refractivity contribution in [1.29, 1.82) is 0 Å². The standard InChI is InChI=1S/C16H20N4O5/c1-12(10-17-21-2)25-18-11-13-6-4-5-7-14(13)15(19-22-3)16-20-24-9-8-23-16/h4-7,10-12H,8-9H2,1-3H3/b17-10+,18-11+,19-15+. The molecule has 1 aromatic rings. The first kappa shape index (κ1) is 18.2. The number of benzene rings is 1. The van der Waals surface area contributed by atoms with Gasteiger partial charge in [-0.25, -0.2) is 0 Å². The van der Waals surface area contributed by atoms with Crippen molar-refractivity contribution in [2.24, 2.45) is 20.6 Å². The summed E-state index contributed by atoms with van der Waals surface area (Å²) in [6, 6.07) is 7.42. The van der Waals surface area contributed by atoms with E-state index in [1.54, 1.807) is 13.1 Å². The second-order valence-corrected chi connectivity index (χ2v) is 4.77. The van der Waals surface area contributed by atoms with Crippen LogP contribution in [0.3, 0.4) is 0 Å². The molecule has 0 aromatic heterocycles. The van der Waals surface area contributed by atoms with Crippen LogP contribution in [0.25, 0.3) is 0 Å². The van der Waals surface area contributed by atoms with Crippen LogP contribution in [-0.2, 0) is 24.1 Å². The number of oxime groups is 4. The van der Waals surface area contributed by atoms with Crippen LogP contribution in [0.4, 0.5) is 0 Å². The molecule has 1 unspecified atom stereocenters. The van der Waals surface area contributed by atoms with Gasteiger partial charge in [0.25, 0.3) is 5.90 Å². The van der Waals surface area contributed by atoms with Gasteiger partial charge in [0.15, 0.2) is 18.4 Å². The topological polar surface area (TPSA) is 95.6 Å². The zero-order valence-electron chi connectivity index (χ0n) is 14.3. The third kappa shape index (κ3) is 5.48. The highest BCUT2D eigenvalue weighted by Gasteiger charge is 2.20. The van der Waals surface area contributed by atoms with Gasteiger partial charge in [-0.15, -0.1) is 0 Å². The molecule has 0 spiro atoms. The molecule has 1 aromatic carbocycles. The van der Waals surface area contributed by atoms with Gasteiger partial charge in [0, 0.05) is 11.1 Å². The molecule has 0 N–H and O–H groups in total. The predicted molar refractivity (Wildman–Crippen MR) is 93.0 cm³/mol. The molecule has 0 saturated heterocycles. The van der Waals surface area contributed by atoms with Crippen molar-refractivity contribution in [3.63, 3.8) is 0 Å². The second kappa shape index (κ2) is 9.91. The normalized spacial score (nSPS) is 16.1. The fourth-order valence-electron chi connectivity index (χ4n) is 1.89. The Morgan fingerprint density at radius 1 is 1.20 bits per heavy atom. The first-order valence-electron chi connectivity index (χ1n) is 7.55. The third-order valence-electron chi connectivity index (χ3n) is 2.96. The van der Waals surface area contributed by atoms with Crippen LogP contribution in [0.2, 0.25) is 0 Å². The molecule has 25 heavy (non-hydrogen) atoms. The Bertz CT molecular complexity index is 672. The lowest BCUT2D eigenvalue weighted by atomic mass is 10.0. The van der Waals surface area contributed by atoms with E-state index in [1.165, 1.54) is 20.4 Å². The number of ether oxygens (including phenoxy) is 1. The van der Waals surface area contributed by atoms with Crippen molar-refractivity contribution in [1.82, 2.24) is 0 Å². The summed E-state index contributed by atoms with van der Waals surface area (Å²) in [5, 5.41) is 15.5. The molecule has 2 rings (SSSR count). The van der Waals surface area contributed by atoms with Gasteiger partial charge in [-0.3, -0.25) is 0 Å². The van der Waals surface area contributed by atoms with Crippen LogP contribution < -0.4 is 0 Å². The lowest BCUT2D eigenvalue weighted by molar-refractivity contribution is 0.0672. The van der Waals surface area contributed by atoms with Gasteiger partial charge in [0.05, 0.1) is 12.4 Å².